The normalized spacial score (nSPS) is 11.8. The predicted molar refractivity (Wildman–Crippen MR) is 72.8 cm³/mol. The molecule has 1 N–H and O–H groups in total. The molecule has 0 bridgehead atoms. The van der Waals surface area contributed by atoms with Gasteiger partial charge in [0.05, 0.1) is 0 Å². The Morgan fingerprint density at radius 1 is 1.50 bits per heavy atom. The van der Waals surface area contributed by atoms with Crippen LogP contribution in [0, 0.1) is 11.3 Å². The van der Waals surface area contributed by atoms with Crippen LogP contribution in [0.2, 0.25) is 0 Å². The summed E-state index contributed by atoms with van der Waals surface area (Å²) in [7, 11) is -0.712. The molecule has 0 heterocycles. The Labute approximate surface area is 110 Å². The van der Waals surface area contributed by atoms with Gasteiger partial charge in [0.1, 0.15) is 11.8 Å². The van der Waals surface area contributed by atoms with Crippen molar-refractivity contribution in [3.05, 3.63) is 29.8 Å². The quantitative estimate of drug-likeness (QED) is 0.723. The molecule has 18 heavy (non-hydrogen) atoms. The van der Waals surface area contributed by atoms with Crippen molar-refractivity contribution in [1.29, 1.82) is 5.26 Å². The molecule has 0 fully saturated rings. The van der Waals surface area contributed by atoms with Crippen LogP contribution in [0.4, 0.5) is 0 Å². The highest BCUT2D eigenvalue weighted by atomic mass is 32.2. The highest BCUT2D eigenvalue weighted by molar-refractivity contribution is 7.84. The third-order valence-corrected chi connectivity index (χ3v) is 3.18. The molecule has 1 atom stereocenters. The fraction of sp³-hybridized carbons (Fsp3) is 0.462. The fourth-order valence-corrected chi connectivity index (χ4v) is 2.04. The van der Waals surface area contributed by atoms with E-state index in [4.69, 9.17) is 10.00 Å². The van der Waals surface area contributed by atoms with Gasteiger partial charge in [0.15, 0.2) is 6.61 Å². The van der Waals surface area contributed by atoms with Crippen LogP contribution < -0.4 is 10.1 Å². The Balaban J connectivity index is 2.29. The lowest BCUT2D eigenvalue weighted by Gasteiger charge is -2.06. The first-order valence-corrected chi connectivity index (χ1v) is 7.54. The molecule has 0 saturated heterocycles. The smallest absolute Gasteiger partial charge is 0.174 e. The summed E-state index contributed by atoms with van der Waals surface area (Å²) in [6, 6.07) is 9.60. The van der Waals surface area contributed by atoms with Crippen molar-refractivity contribution >= 4 is 10.8 Å². The standard InChI is InChI=1S/C13H18N2O2S/c1-18(16)9-3-7-15-11-12-4-2-5-13(10-12)17-8-6-14/h2,4-5,10,15H,3,7-9,11H2,1H3. The molecule has 0 aliphatic rings. The van der Waals surface area contributed by atoms with E-state index in [2.05, 4.69) is 5.32 Å². The van der Waals surface area contributed by atoms with E-state index < -0.39 is 10.8 Å². The molecule has 0 aliphatic carbocycles. The topological polar surface area (TPSA) is 62.1 Å². The monoisotopic (exact) mass is 266 g/mol. The summed E-state index contributed by atoms with van der Waals surface area (Å²) in [6.45, 7) is 1.67. The minimum absolute atomic E-state index is 0.0686. The summed E-state index contributed by atoms with van der Waals surface area (Å²) in [5.74, 6) is 1.45. The number of benzene rings is 1. The van der Waals surface area contributed by atoms with Gasteiger partial charge < -0.3 is 10.1 Å². The van der Waals surface area contributed by atoms with Gasteiger partial charge in [0.2, 0.25) is 0 Å². The van der Waals surface area contributed by atoms with Gasteiger partial charge in [-0.05, 0) is 30.7 Å². The van der Waals surface area contributed by atoms with Gasteiger partial charge in [-0.2, -0.15) is 5.26 Å². The number of ether oxygens (including phenoxy) is 1. The van der Waals surface area contributed by atoms with Crippen molar-refractivity contribution in [3.8, 4) is 11.8 Å². The number of hydrogen-bond acceptors (Lipinski definition) is 4. The van der Waals surface area contributed by atoms with Crippen LogP contribution in [-0.4, -0.2) is 29.4 Å². The van der Waals surface area contributed by atoms with E-state index >= 15 is 0 Å². The van der Waals surface area contributed by atoms with Crippen molar-refractivity contribution in [3.63, 3.8) is 0 Å². The Morgan fingerprint density at radius 3 is 3.06 bits per heavy atom. The van der Waals surface area contributed by atoms with E-state index in [1.54, 1.807) is 6.26 Å². The largest absolute Gasteiger partial charge is 0.479 e. The number of hydrogen-bond donors (Lipinski definition) is 1. The first-order chi connectivity index (χ1) is 8.72. The highest BCUT2D eigenvalue weighted by Crippen LogP contribution is 2.12. The van der Waals surface area contributed by atoms with Crippen LogP contribution in [0.25, 0.3) is 0 Å². The predicted octanol–water partition coefficient (Wildman–Crippen LogP) is 1.45. The molecule has 0 radical (unpaired) electrons. The van der Waals surface area contributed by atoms with Gasteiger partial charge in [-0.1, -0.05) is 12.1 Å². The summed E-state index contributed by atoms with van der Waals surface area (Å²) in [5, 5.41) is 11.7. The van der Waals surface area contributed by atoms with Gasteiger partial charge in [0.25, 0.3) is 0 Å². The van der Waals surface area contributed by atoms with E-state index in [1.807, 2.05) is 30.3 Å². The van der Waals surface area contributed by atoms with Gasteiger partial charge in [-0.15, -0.1) is 0 Å². The Morgan fingerprint density at radius 2 is 2.33 bits per heavy atom. The summed E-state index contributed by atoms with van der Waals surface area (Å²) in [6.07, 6.45) is 2.63. The Kier molecular flexibility index (Phi) is 7.07. The van der Waals surface area contributed by atoms with Crippen molar-refractivity contribution in [2.24, 2.45) is 0 Å². The first kappa shape index (κ1) is 14.7. The molecule has 1 rings (SSSR count). The lowest BCUT2D eigenvalue weighted by molar-refractivity contribution is 0.367. The lowest BCUT2D eigenvalue weighted by Crippen LogP contribution is -2.16. The second kappa shape index (κ2) is 8.67. The van der Waals surface area contributed by atoms with E-state index in [0.29, 0.717) is 5.75 Å². The maximum absolute atomic E-state index is 10.9. The van der Waals surface area contributed by atoms with Gasteiger partial charge in [-0.25, -0.2) is 0 Å². The van der Waals surface area contributed by atoms with Gasteiger partial charge in [0, 0.05) is 29.4 Å². The molecule has 5 heteroatoms. The number of nitriles is 1. The summed E-state index contributed by atoms with van der Waals surface area (Å²) in [5.41, 5.74) is 1.11. The Hall–Kier alpha value is -1.38. The lowest BCUT2D eigenvalue weighted by atomic mass is 10.2. The van der Waals surface area contributed by atoms with E-state index in [0.717, 1.165) is 30.8 Å². The summed E-state index contributed by atoms with van der Waals surface area (Å²) in [4.78, 5) is 0. The third kappa shape index (κ3) is 6.38. The SMILES string of the molecule is CS(=O)CCCNCc1cccc(OCC#N)c1. The third-order valence-electron chi connectivity index (χ3n) is 2.32. The number of nitrogens with zero attached hydrogens (tertiary/aromatic N) is 1. The zero-order valence-corrected chi connectivity index (χ0v) is 11.3. The van der Waals surface area contributed by atoms with Crippen LogP contribution in [0.5, 0.6) is 5.75 Å². The van der Waals surface area contributed by atoms with Crippen LogP contribution in [-0.2, 0) is 17.3 Å². The summed E-state index contributed by atoms with van der Waals surface area (Å²) < 4.78 is 16.1. The highest BCUT2D eigenvalue weighted by Gasteiger charge is 1.97. The Bertz CT molecular complexity index is 429. The summed E-state index contributed by atoms with van der Waals surface area (Å²) >= 11 is 0. The maximum Gasteiger partial charge on any atom is 0.174 e. The van der Waals surface area contributed by atoms with Crippen molar-refractivity contribution < 1.29 is 8.95 Å². The van der Waals surface area contributed by atoms with Crippen molar-refractivity contribution in [2.75, 3.05) is 25.2 Å². The fourth-order valence-electron chi connectivity index (χ4n) is 1.49. The second-order valence-electron chi connectivity index (χ2n) is 3.90. The molecule has 0 saturated carbocycles. The van der Waals surface area contributed by atoms with Gasteiger partial charge >= 0.3 is 0 Å². The molecule has 0 aliphatic heterocycles. The van der Waals surface area contributed by atoms with Crippen LogP contribution in [0.15, 0.2) is 24.3 Å². The zero-order chi connectivity index (χ0) is 13.2. The molecule has 1 unspecified atom stereocenters. The molecular weight excluding hydrogens is 248 g/mol. The molecule has 0 aromatic heterocycles. The molecule has 4 nitrogen and oxygen atoms in total. The minimum atomic E-state index is -0.712. The average molecular weight is 266 g/mol. The van der Waals surface area contributed by atoms with Crippen LogP contribution in [0.3, 0.4) is 0 Å². The van der Waals surface area contributed by atoms with Crippen molar-refractivity contribution in [2.45, 2.75) is 13.0 Å². The molecule has 1 aromatic rings. The average Bonchev–Trinajstić information content (AvgIpc) is 2.36. The van der Waals surface area contributed by atoms with Crippen LogP contribution in [0.1, 0.15) is 12.0 Å². The van der Waals surface area contributed by atoms with E-state index in [9.17, 15) is 4.21 Å². The molecular formula is C13H18N2O2S. The van der Waals surface area contributed by atoms with Crippen molar-refractivity contribution in [1.82, 2.24) is 5.32 Å². The number of rotatable bonds is 8. The second-order valence-corrected chi connectivity index (χ2v) is 5.46. The van der Waals surface area contributed by atoms with Crippen LogP contribution >= 0.6 is 0 Å². The van der Waals surface area contributed by atoms with E-state index in [-0.39, 0.29) is 6.61 Å². The maximum atomic E-state index is 10.9. The number of nitrogens with one attached hydrogen (secondary N) is 1. The molecule has 98 valence electrons. The molecule has 1 aromatic carbocycles. The van der Waals surface area contributed by atoms with Gasteiger partial charge in [-0.3, -0.25) is 4.21 Å². The molecule has 0 spiro atoms. The molecule has 0 amide bonds. The zero-order valence-electron chi connectivity index (χ0n) is 10.5. The first-order valence-electron chi connectivity index (χ1n) is 5.82. The van der Waals surface area contributed by atoms with E-state index in [1.165, 1.54) is 0 Å². The minimum Gasteiger partial charge on any atom is -0.479 e.